The number of likely N-dealkylation sites (tertiary alicyclic amines) is 1. The van der Waals surface area contributed by atoms with Crippen molar-refractivity contribution in [1.29, 1.82) is 0 Å². The second-order valence-corrected chi connectivity index (χ2v) is 7.94. The quantitative estimate of drug-likeness (QED) is 0.803. The van der Waals surface area contributed by atoms with Crippen LogP contribution >= 0.6 is 0 Å². The average Bonchev–Trinajstić information content (AvgIpc) is 2.46. The van der Waals surface area contributed by atoms with Crippen molar-refractivity contribution < 1.29 is 13.8 Å². The van der Waals surface area contributed by atoms with Gasteiger partial charge in [-0.3, -0.25) is 13.8 Å². The molecular formula is C15H28N2O3S. The molecule has 6 heteroatoms. The number of nitrogens with one attached hydrogen (secondary N) is 1. The molecule has 1 aliphatic rings. The number of rotatable bonds is 6. The Labute approximate surface area is 130 Å². The van der Waals surface area contributed by atoms with E-state index in [1.54, 1.807) is 6.92 Å². The number of nitrogens with zero attached hydrogens (tertiary/aromatic N) is 1. The number of amides is 2. The molecule has 0 aromatic rings. The van der Waals surface area contributed by atoms with E-state index in [4.69, 9.17) is 0 Å². The van der Waals surface area contributed by atoms with Crippen molar-refractivity contribution in [3.05, 3.63) is 0 Å². The third kappa shape index (κ3) is 5.77. The van der Waals surface area contributed by atoms with Gasteiger partial charge in [0, 0.05) is 29.1 Å². The van der Waals surface area contributed by atoms with Gasteiger partial charge in [-0.25, -0.2) is 0 Å². The minimum absolute atomic E-state index is 0.0242. The zero-order valence-electron chi connectivity index (χ0n) is 13.6. The molecule has 0 radical (unpaired) electrons. The molecule has 1 heterocycles. The highest BCUT2D eigenvalue weighted by molar-refractivity contribution is 7.86. The topological polar surface area (TPSA) is 66.5 Å². The maximum atomic E-state index is 12.2. The van der Waals surface area contributed by atoms with Crippen molar-refractivity contribution >= 4 is 22.6 Å². The van der Waals surface area contributed by atoms with Crippen molar-refractivity contribution in [3.63, 3.8) is 0 Å². The Morgan fingerprint density at radius 3 is 2.19 bits per heavy atom. The van der Waals surface area contributed by atoms with Crippen LogP contribution in [0.25, 0.3) is 0 Å². The van der Waals surface area contributed by atoms with Gasteiger partial charge < -0.3 is 10.2 Å². The van der Waals surface area contributed by atoms with E-state index in [2.05, 4.69) is 5.32 Å². The van der Waals surface area contributed by atoms with E-state index >= 15 is 0 Å². The van der Waals surface area contributed by atoms with Crippen LogP contribution in [0.15, 0.2) is 0 Å². The monoisotopic (exact) mass is 316 g/mol. The van der Waals surface area contributed by atoms with Gasteiger partial charge in [0.15, 0.2) is 0 Å². The van der Waals surface area contributed by atoms with Crippen LogP contribution in [0, 0.1) is 5.92 Å². The van der Waals surface area contributed by atoms with E-state index in [-0.39, 0.29) is 28.7 Å². The van der Waals surface area contributed by atoms with Crippen molar-refractivity contribution in [2.75, 3.05) is 18.8 Å². The van der Waals surface area contributed by atoms with Gasteiger partial charge in [0.05, 0.1) is 0 Å². The Morgan fingerprint density at radius 1 is 1.10 bits per heavy atom. The van der Waals surface area contributed by atoms with Crippen LogP contribution in [0.4, 0.5) is 0 Å². The number of carbonyl (C=O) groups is 2. The SMILES string of the molecule is CC(C)[C@H](C)[S@](=O)CC(=O)N[C@@H](C)C(=O)N1CCCCC1. The summed E-state index contributed by atoms with van der Waals surface area (Å²) < 4.78 is 12.0. The van der Waals surface area contributed by atoms with Crippen LogP contribution in [0.2, 0.25) is 0 Å². The lowest BCUT2D eigenvalue weighted by molar-refractivity contribution is -0.136. The minimum Gasteiger partial charge on any atom is -0.344 e. The number of carbonyl (C=O) groups excluding carboxylic acids is 2. The Balaban J connectivity index is 2.42. The minimum atomic E-state index is -1.20. The first-order chi connectivity index (χ1) is 9.82. The molecule has 1 rings (SSSR count). The third-order valence-corrected chi connectivity index (χ3v) is 5.96. The molecule has 0 spiro atoms. The normalized spacial score (nSPS) is 20.0. The fourth-order valence-corrected chi connectivity index (χ4v) is 3.51. The van der Waals surface area contributed by atoms with Crippen molar-refractivity contribution in [1.82, 2.24) is 10.2 Å². The molecule has 122 valence electrons. The van der Waals surface area contributed by atoms with Gasteiger partial charge in [-0.1, -0.05) is 20.8 Å². The van der Waals surface area contributed by atoms with Crippen molar-refractivity contribution in [2.24, 2.45) is 5.92 Å². The van der Waals surface area contributed by atoms with E-state index in [0.29, 0.717) is 0 Å². The van der Waals surface area contributed by atoms with Gasteiger partial charge in [-0.2, -0.15) is 0 Å². The van der Waals surface area contributed by atoms with Crippen LogP contribution in [-0.4, -0.2) is 51.1 Å². The molecule has 0 aliphatic carbocycles. The summed E-state index contributed by atoms with van der Waals surface area (Å²) in [5.41, 5.74) is 0. The van der Waals surface area contributed by atoms with Crippen LogP contribution in [0.5, 0.6) is 0 Å². The zero-order chi connectivity index (χ0) is 16.0. The molecule has 5 nitrogen and oxygen atoms in total. The second-order valence-electron chi connectivity index (χ2n) is 6.15. The van der Waals surface area contributed by atoms with Crippen molar-refractivity contribution in [2.45, 2.75) is 58.2 Å². The molecule has 1 saturated heterocycles. The fourth-order valence-electron chi connectivity index (χ4n) is 2.30. The lowest BCUT2D eigenvalue weighted by atomic mass is 10.1. The molecule has 2 amide bonds. The van der Waals surface area contributed by atoms with Crippen molar-refractivity contribution in [3.8, 4) is 0 Å². The van der Waals surface area contributed by atoms with Gasteiger partial charge >= 0.3 is 0 Å². The first kappa shape index (κ1) is 18.1. The predicted molar refractivity (Wildman–Crippen MR) is 85.3 cm³/mol. The molecule has 1 aliphatic heterocycles. The van der Waals surface area contributed by atoms with E-state index in [1.165, 1.54) is 0 Å². The molecule has 1 N–H and O–H groups in total. The van der Waals surface area contributed by atoms with Crippen LogP contribution in [-0.2, 0) is 20.4 Å². The Bertz CT molecular complexity index is 392. The van der Waals surface area contributed by atoms with E-state index in [9.17, 15) is 13.8 Å². The summed E-state index contributed by atoms with van der Waals surface area (Å²) in [6.07, 6.45) is 3.22. The zero-order valence-corrected chi connectivity index (χ0v) is 14.4. The maximum absolute atomic E-state index is 12.2. The average molecular weight is 316 g/mol. The molecule has 0 bridgehead atoms. The van der Waals surface area contributed by atoms with Gasteiger partial charge in [0.1, 0.15) is 11.8 Å². The Morgan fingerprint density at radius 2 is 1.67 bits per heavy atom. The summed E-state index contributed by atoms with van der Waals surface area (Å²) in [4.78, 5) is 25.9. The van der Waals surface area contributed by atoms with Gasteiger partial charge in [0.25, 0.3) is 0 Å². The van der Waals surface area contributed by atoms with Gasteiger partial charge in [-0.15, -0.1) is 0 Å². The highest BCUT2D eigenvalue weighted by Crippen LogP contribution is 2.11. The first-order valence-corrected chi connectivity index (χ1v) is 9.16. The van der Waals surface area contributed by atoms with E-state index in [0.717, 1.165) is 32.4 Å². The smallest absolute Gasteiger partial charge is 0.244 e. The predicted octanol–water partition coefficient (Wildman–Crippen LogP) is 1.30. The number of piperidine rings is 1. The molecule has 0 aromatic carbocycles. The van der Waals surface area contributed by atoms with E-state index in [1.807, 2.05) is 25.7 Å². The Hall–Kier alpha value is -0.910. The van der Waals surface area contributed by atoms with Gasteiger partial charge in [-0.05, 0) is 32.1 Å². The summed E-state index contributed by atoms with van der Waals surface area (Å²) >= 11 is 0. The molecular weight excluding hydrogens is 288 g/mol. The fraction of sp³-hybridized carbons (Fsp3) is 0.867. The first-order valence-electron chi connectivity index (χ1n) is 7.78. The molecule has 1 fully saturated rings. The maximum Gasteiger partial charge on any atom is 0.244 e. The third-order valence-electron chi connectivity index (χ3n) is 4.04. The lowest BCUT2D eigenvalue weighted by Crippen LogP contribution is -2.49. The summed E-state index contributed by atoms with van der Waals surface area (Å²) in [5, 5.41) is 2.65. The number of hydrogen-bond acceptors (Lipinski definition) is 3. The molecule has 0 unspecified atom stereocenters. The van der Waals surface area contributed by atoms with Crippen LogP contribution in [0.3, 0.4) is 0 Å². The lowest BCUT2D eigenvalue weighted by Gasteiger charge is -2.29. The summed E-state index contributed by atoms with van der Waals surface area (Å²) in [7, 11) is -1.20. The second kappa shape index (κ2) is 8.51. The highest BCUT2D eigenvalue weighted by atomic mass is 32.2. The summed E-state index contributed by atoms with van der Waals surface area (Å²) in [6, 6.07) is -0.540. The molecule has 0 aromatic heterocycles. The summed E-state index contributed by atoms with van der Waals surface area (Å²) in [5.74, 6) is -0.104. The molecule has 21 heavy (non-hydrogen) atoms. The van der Waals surface area contributed by atoms with Gasteiger partial charge in [0.2, 0.25) is 11.8 Å². The van der Waals surface area contributed by atoms with Crippen LogP contribution in [0.1, 0.15) is 47.0 Å². The molecule has 0 saturated carbocycles. The largest absolute Gasteiger partial charge is 0.344 e. The van der Waals surface area contributed by atoms with E-state index < -0.39 is 16.8 Å². The summed E-state index contributed by atoms with van der Waals surface area (Å²) in [6.45, 7) is 9.11. The standard InChI is InChI=1S/C15H28N2O3S/c1-11(2)13(4)21(20)10-14(18)16-12(3)15(19)17-8-6-5-7-9-17/h11-13H,5-10H2,1-4H3,(H,16,18)/t12-,13-,21+/m0/s1. The number of hydrogen-bond donors (Lipinski definition) is 1. The Kier molecular flexibility index (Phi) is 7.35. The highest BCUT2D eigenvalue weighted by Gasteiger charge is 2.25. The van der Waals surface area contributed by atoms with Crippen LogP contribution < -0.4 is 5.32 Å². The molecule has 3 atom stereocenters.